The van der Waals surface area contributed by atoms with Crippen LogP contribution in [0.5, 0.6) is 5.75 Å². The maximum absolute atomic E-state index is 13.4. The van der Waals surface area contributed by atoms with E-state index in [1.807, 2.05) is 12.1 Å². The second kappa shape index (κ2) is 8.78. The molecule has 0 unspecified atom stereocenters. The van der Waals surface area contributed by atoms with Gasteiger partial charge < -0.3 is 10.1 Å². The fraction of sp³-hybridized carbons (Fsp3) is 0.458. The number of ether oxygens (including phenoxy) is 1. The number of methoxy groups -OCH3 is 1. The molecule has 0 saturated heterocycles. The lowest BCUT2D eigenvalue weighted by Gasteiger charge is -2.37. The molecule has 2 aliphatic rings. The van der Waals surface area contributed by atoms with Crippen molar-refractivity contribution in [1.82, 2.24) is 10.2 Å². The van der Waals surface area contributed by atoms with Gasteiger partial charge in [0, 0.05) is 19.1 Å². The molecule has 2 aromatic carbocycles. The summed E-state index contributed by atoms with van der Waals surface area (Å²) in [6.45, 7) is 1.66. The summed E-state index contributed by atoms with van der Waals surface area (Å²) in [5.74, 6) is 1.02. The van der Waals surface area contributed by atoms with E-state index in [1.54, 1.807) is 7.11 Å². The maximum atomic E-state index is 13.4. The average molecular weight is 379 g/mol. The predicted octanol–water partition coefficient (Wildman–Crippen LogP) is 4.24. The van der Waals surface area contributed by atoms with Crippen LogP contribution in [0.25, 0.3) is 0 Å². The molecule has 1 N–H and O–H groups in total. The number of nitrogens with zero attached hydrogens (tertiary/aromatic N) is 1. The first-order valence-electron chi connectivity index (χ1n) is 10.5. The van der Waals surface area contributed by atoms with Crippen LogP contribution in [0.15, 0.2) is 48.5 Å². The van der Waals surface area contributed by atoms with Gasteiger partial charge in [0.1, 0.15) is 11.8 Å². The fourth-order valence-corrected chi connectivity index (χ4v) is 4.59. The highest BCUT2D eigenvalue weighted by Crippen LogP contribution is 2.32. The van der Waals surface area contributed by atoms with Crippen molar-refractivity contribution in [3.63, 3.8) is 0 Å². The maximum Gasteiger partial charge on any atom is 0.242 e. The van der Waals surface area contributed by atoms with Crippen molar-refractivity contribution in [3.05, 3.63) is 65.2 Å². The topological polar surface area (TPSA) is 41.6 Å². The fourth-order valence-electron chi connectivity index (χ4n) is 4.59. The van der Waals surface area contributed by atoms with Gasteiger partial charge in [-0.1, -0.05) is 55.7 Å². The molecule has 1 heterocycles. The Morgan fingerprint density at radius 1 is 1.07 bits per heavy atom. The number of fused-ring (bicyclic) bond motifs is 1. The SMILES string of the molecule is COc1ccc(CN2CCc3ccccc3[C@H]2C(=O)NC2CCCCC2)cc1. The molecule has 0 radical (unpaired) electrons. The Morgan fingerprint density at radius 3 is 2.57 bits per heavy atom. The lowest BCUT2D eigenvalue weighted by molar-refractivity contribution is -0.128. The molecule has 2 aromatic rings. The highest BCUT2D eigenvalue weighted by atomic mass is 16.5. The molecule has 0 bridgehead atoms. The van der Waals surface area contributed by atoms with Crippen LogP contribution in [0.3, 0.4) is 0 Å². The van der Waals surface area contributed by atoms with Crippen LogP contribution >= 0.6 is 0 Å². The zero-order valence-corrected chi connectivity index (χ0v) is 16.7. The number of nitrogens with one attached hydrogen (secondary N) is 1. The van der Waals surface area contributed by atoms with Crippen LogP contribution in [0.2, 0.25) is 0 Å². The molecule has 0 aromatic heterocycles. The molecule has 1 fully saturated rings. The van der Waals surface area contributed by atoms with Gasteiger partial charge in [-0.05, 0) is 48.1 Å². The van der Waals surface area contributed by atoms with Crippen LogP contribution in [0.1, 0.15) is 54.8 Å². The quantitative estimate of drug-likeness (QED) is 0.846. The van der Waals surface area contributed by atoms with Crippen molar-refractivity contribution in [2.24, 2.45) is 0 Å². The summed E-state index contributed by atoms with van der Waals surface area (Å²) in [5.41, 5.74) is 3.67. The number of hydrogen-bond acceptors (Lipinski definition) is 3. The number of carbonyl (C=O) groups is 1. The Morgan fingerprint density at radius 2 is 1.82 bits per heavy atom. The van der Waals surface area contributed by atoms with Crippen LogP contribution < -0.4 is 10.1 Å². The summed E-state index contributed by atoms with van der Waals surface area (Å²) < 4.78 is 5.27. The molecule has 4 heteroatoms. The molecule has 1 aliphatic carbocycles. The Bertz CT molecular complexity index is 797. The zero-order valence-electron chi connectivity index (χ0n) is 16.7. The average Bonchev–Trinajstić information content (AvgIpc) is 2.74. The Hall–Kier alpha value is -2.33. The van der Waals surface area contributed by atoms with Crippen LogP contribution in [-0.2, 0) is 17.8 Å². The minimum atomic E-state index is -0.214. The second-order valence-electron chi connectivity index (χ2n) is 8.01. The van der Waals surface area contributed by atoms with E-state index in [2.05, 4.69) is 46.6 Å². The smallest absolute Gasteiger partial charge is 0.242 e. The largest absolute Gasteiger partial charge is 0.497 e. The molecule has 1 atom stereocenters. The van der Waals surface area contributed by atoms with Gasteiger partial charge in [0.05, 0.1) is 7.11 Å². The van der Waals surface area contributed by atoms with Gasteiger partial charge in [-0.2, -0.15) is 0 Å². The Balaban J connectivity index is 1.55. The third-order valence-corrected chi connectivity index (χ3v) is 6.13. The van der Waals surface area contributed by atoms with E-state index < -0.39 is 0 Å². The molecular formula is C24H30N2O2. The second-order valence-corrected chi connectivity index (χ2v) is 8.01. The minimum absolute atomic E-state index is 0.160. The van der Waals surface area contributed by atoms with Crippen LogP contribution in [0.4, 0.5) is 0 Å². The third kappa shape index (κ3) is 4.22. The molecule has 4 nitrogen and oxygen atoms in total. The number of carbonyl (C=O) groups excluding carboxylic acids is 1. The number of rotatable bonds is 5. The lowest BCUT2D eigenvalue weighted by atomic mass is 9.90. The molecule has 1 aliphatic heterocycles. The van der Waals surface area contributed by atoms with Gasteiger partial charge in [0.25, 0.3) is 0 Å². The van der Waals surface area contributed by atoms with E-state index in [4.69, 9.17) is 4.74 Å². The number of benzene rings is 2. The van der Waals surface area contributed by atoms with Crippen molar-refractivity contribution in [1.29, 1.82) is 0 Å². The van der Waals surface area contributed by atoms with Crippen molar-refractivity contribution in [2.75, 3.05) is 13.7 Å². The van der Waals surface area contributed by atoms with E-state index in [9.17, 15) is 4.79 Å². The molecule has 0 spiro atoms. The predicted molar refractivity (Wildman–Crippen MR) is 111 cm³/mol. The molecule has 4 rings (SSSR count). The lowest BCUT2D eigenvalue weighted by Crippen LogP contribution is -2.47. The number of hydrogen-bond donors (Lipinski definition) is 1. The van der Waals surface area contributed by atoms with E-state index in [1.165, 1.54) is 30.4 Å². The van der Waals surface area contributed by atoms with Crippen molar-refractivity contribution in [3.8, 4) is 5.75 Å². The van der Waals surface area contributed by atoms with E-state index in [0.717, 1.165) is 43.7 Å². The van der Waals surface area contributed by atoms with Gasteiger partial charge >= 0.3 is 0 Å². The first-order valence-corrected chi connectivity index (χ1v) is 10.5. The van der Waals surface area contributed by atoms with Crippen LogP contribution in [-0.4, -0.2) is 30.5 Å². The molecule has 148 valence electrons. The molecular weight excluding hydrogens is 348 g/mol. The zero-order chi connectivity index (χ0) is 19.3. The normalized spacial score (nSPS) is 20.4. The van der Waals surface area contributed by atoms with Crippen molar-refractivity contribution < 1.29 is 9.53 Å². The monoisotopic (exact) mass is 378 g/mol. The minimum Gasteiger partial charge on any atom is -0.497 e. The van der Waals surface area contributed by atoms with Crippen molar-refractivity contribution in [2.45, 2.75) is 57.2 Å². The van der Waals surface area contributed by atoms with Gasteiger partial charge in [-0.15, -0.1) is 0 Å². The standard InChI is InChI=1S/C24H30N2O2/c1-28-21-13-11-18(12-14-21)17-26-16-15-19-7-5-6-10-22(19)23(26)24(27)25-20-8-3-2-4-9-20/h5-7,10-14,20,23H,2-4,8-9,15-17H2,1H3,(H,25,27)/t23-/m0/s1. The summed E-state index contributed by atoms with van der Waals surface area (Å²) in [6.07, 6.45) is 6.95. The third-order valence-electron chi connectivity index (χ3n) is 6.13. The Labute approximate surface area is 167 Å². The highest BCUT2D eigenvalue weighted by molar-refractivity contribution is 5.84. The molecule has 1 saturated carbocycles. The van der Waals surface area contributed by atoms with Crippen LogP contribution in [0, 0.1) is 0 Å². The van der Waals surface area contributed by atoms with Crippen molar-refractivity contribution >= 4 is 5.91 Å². The van der Waals surface area contributed by atoms with Gasteiger partial charge in [0.15, 0.2) is 0 Å². The van der Waals surface area contributed by atoms with Gasteiger partial charge in [-0.3, -0.25) is 9.69 Å². The van der Waals surface area contributed by atoms with Gasteiger partial charge in [0.2, 0.25) is 5.91 Å². The first kappa shape index (κ1) is 19.0. The summed E-state index contributed by atoms with van der Waals surface area (Å²) in [6, 6.07) is 16.7. The Kier molecular flexibility index (Phi) is 5.96. The summed E-state index contributed by atoms with van der Waals surface area (Å²) in [4.78, 5) is 15.7. The van der Waals surface area contributed by atoms with E-state index in [0.29, 0.717) is 6.04 Å². The summed E-state index contributed by atoms with van der Waals surface area (Å²) in [7, 11) is 1.68. The highest BCUT2D eigenvalue weighted by Gasteiger charge is 2.33. The summed E-state index contributed by atoms with van der Waals surface area (Å²) >= 11 is 0. The first-order chi connectivity index (χ1) is 13.7. The molecule has 1 amide bonds. The van der Waals surface area contributed by atoms with E-state index in [-0.39, 0.29) is 11.9 Å². The van der Waals surface area contributed by atoms with E-state index >= 15 is 0 Å². The van der Waals surface area contributed by atoms with Gasteiger partial charge in [-0.25, -0.2) is 0 Å². The summed E-state index contributed by atoms with van der Waals surface area (Å²) in [5, 5.41) is 3.36. The molecule has 28 heavy (non-hydrogen) atoms. The number of amides is 1.